The maximum Gasteiger partial charge on any atom is 0.282 e. The van der Waals surface area contributed by atoms with E-state index in [0.717, 1.165) is 11.1 Å². The summed E-state index contributed by atoms with van der Waals surface area (Å²) in [5.74, 6) is 0.613. The Kier molecular flexibility index (Phi) is 6.27. The van der Waals surface area contributed by atoms with Crippen molar-refractivity contribution in [3.05, 3.63) is 93.0 Å². The van der Waals surface area contributed by atoms with Crippen molar-refractivity contribution in [2.75, 3.05) is 6.79 Å². The first-order chi connectivity index (χ1) is 17.8. The Morgan fingerprint density at radius 2 is 1.81 bits per heavy atom. The van der Waals surface area contributed by atoms with Crippen molar-refractivity contribution in [1.29, 1.82) is 0 Å². The fourth-order valence-electron chi connectivity index (χ4n) is 4.14. The van der Waals surface area contributed by atoms with Crippen LogP contribution in [0.5, 0.6) is 11.5 Å². The van der Waals surface area contributed by atoms with Crippen LogP contribution in [0.15, 0.2) is 65.8 Å². The third kappa shape index (κ3) is 4.84. The second-order valence-corrected chi connectivity index (χ2v) is 9.07. The fraction of sp³-hybridized carbons (Fsp3) is 0.179. The summed E-state index contributed by atoms with van der Waals surface area (Å²) in [5.41, 5.74) is 7.29. The lowest BCUT2D eigenvalue weighted by molar-refractivity contribution is -0.385. The standard InChI is InChI=1S/C28H24N4O5/c1-16(2)18-5-7-19(8-6-18)24-12-22(21-10-17(3)4-9-23(21)30-24)28(33)31-29-14-20-11-26-27(37-15-36-26)13-25(20)32(34)35/h4-14,16H,15H2,1-3H3,(H,31,33). The van der Waals surface area contributed by atoms with Gasteiger partial charge in [-0.05, 0) is 42.7 Å². The number of pyridine rings is 1. The van der Waals surface area contributed by atoms with Crippen molar-refractivity contribution >= 4 is 28.7 Å². The van der Waals surface area contributed by atoms with Gasteiger partial charge in [0.1, 0.15) is 0 Å². The first-order valence-electron chi connectivity index (χ1n) is 11.7. The number of hydrogen-bond donors (Lipinski definition) is 1. The molecular formula is C28H24N4O5. The Labute approximate surface area is 212 Å². The number of aryl methyl sites for hydroxylation is 1. The van der Waals surface area contributed by atoms with Crippen LogP contribution in [0, 0.1) is 17.0 Å². The molecule has 4 aromatic rings. The predicted octanol–water partition coefficient (Wildman–Crippen LogP) is 5.73. The number of carbonyl (C=O) groups is 1. The second-order valence-electron chi connectivity index (χ2n) is 9.07. The number of ether oxygens (including phenoxy) is 2. The van der Waals surface area contributed by atoms with E-state index in [0.29, 0.717) is 39.6 Å². The van der Waals surface area contributed by atoms with Crippen molar-refractivity contribution in [3.8, 4) is 22.8 Å². The van der Waals surface area contributed by atoms with E-state index in [1.54, 1.807) is 6.07 Å². The van der Waals surface area contributed by atoms with Crippen LogP contribution in [-0.4, -0.2) is 28.8 Å². The van der Waals surface area contributed by atoms with Crippen molar-refractivity contribution < 1.29 is 19.2 Å². The molecule has 0 bridgehead atoms. The summed E-state index contributed by atoms with van der Waals surface area (Å²) in [5, 5.41) is 16.2. The highest BCUT2D eigenvalue weighted by molar-refractivity contribution is 6.07. The van der Waals surface area contributed by atoms with Gasteiger partial charge in [0.15, 0.2) is 11.5 Å². The highest BCUT2D eigenvalue weighted by Gasteiger charge is 2.22. The van der Waals surface area contributed by atoms with Crippen LogP contribution in [0.2, 0.25) is 0 Å². The number of fused-ring (bicyclic) bond motifs is 2. The van der Waals surface area contributed by atoms with Gasteiger partial charge in [-0.3, -0.25) is 14.9 Å². The van der Waals surface area contributed by atoms with Gasteiger partial charge in [0, 0.05) is 10.9 Å². The molecule has 186 valence electrons. The Hall–Kier alpha value is -4.79. The molecule has 2 heterocycles. The van der Waals surface area contributed by atoms with E-state index in [1.165, 1.54) is 23.9 Å². The van der Waals surface area contributed by atoms with E-state index in [9.17, 15) is 14.9 Å². The number of nitrogens with one attached hydrogen (secondary N) is 1. The molecule has 3 aromatic carbocycles. The zero-order chi connectivity index (χ0) is 26.1. The number of nitrogens with zero attached hydrogens (tertiary/aromatic N) is 3. The number of benzene rings is 3. The SMILES string of the molecule is Cc1ccc2nc(-c3ccc(C(C)C)cc3)cc(C(=O)NN=Cc3cc4c(cc3[N+](=O)[O-])OCO4)c2c1. The number of hydrogen-bond acceptors (Lipinski definition) is 7. The van der Waals surface area contributed by atoms with Crippen LogP contribution < -0.4 is 14.9 Å². The molecule has 0 aliphatic carbocycles. The first kappa shape index (κ1) is 23.9. The largest absolute Gasteiger partial charge is 0.454 e. The Balaban J connectivity index is 1.48. The number of hydrazone groups is 1. The number of nitro groups is 1. The van der Waals surface area contributed by atoms with Crippen LogP contribution in [0.3, 0.4) is 0 Å². The smallest absolute Gasteiger partial charge is 0.282 e. The molecule has 1 aliphatic rings. The molecule has 0 saturated heterocycles. The Bertz CT molecular complexity index is 1560. The van der Waals surface area contributed by atoms with Gasteiger partial charge < -0.3 is 9.47 Å². The van der Waals surface area contributed by atoms with Crippen molar-refractivity contribution in [1.82, 2.24) is 10.4 Å². The van der Waals surface area contributed by atoms with E-state index < -0.39 is 10.8 Å². The minimum Gasteiger partial charge on any atom is -0.454 e. The Morgan fingerprint density at radius 3 is 2.51 bits per heavy atom. The molecule has 5 rings (SSSR count). The van der Waals surface area contributed by atoms with Crippen LogP contribution in [-0.2, 0) is 0 Å². The van der Waals surface area contributed by atoms with E-state index >= 15 is 0 Å². The molecule has 0 atom stereocenters. The average Bonchev–Trinajstić information content (AvgIpc) is 3.35. The molecule has 9 nitrogen and oxygen atoms in total. The van der Waals surface area contributed by atoms with Crippen LogP contribution in [0.25, 0.3) is 22.2 Å². The maximum absolute atomic E-state index is 13.3. The molecule has 1 N–H and O–H groups in total. The summed E-state index contributed by atoms with van der Waals surface area (Å²) < 4.78 is 10.5. The third-order valence-electron chi connectivity index (χ3n) is 6.17. The average molecular weight is 497 g/mol. The molecule has 1 amide bonds. The van der Waals surface area contributed by atoms with E-state index in [4.69, 9.17) is 14.5 Å². The molecule has 9 heteroatoms. The normalized spacial score (nSPS) is 12.4. The number of carbonyl (C=O) groups excluding carboxylic acids is 1. The number of amides is 1. The van der Waals surface area contributed by atoms with Crippen LogP contribution in [0.1, 0.15) is 46.8 Å². The van der Waals surface area contributed by atoms with Crippen LogP contribution >= 0.6 is 0 Å². The molecule has 0 saturated carbocycles. The van der Waals surface area contributed by atoms with Gasteiger partial charge in [0.05, 0.1) is 39.5 Å². The molecule has 1 aromatic heterocycles. The van der Waals surface area contributed by atoms with Gasteiger partial charge in [0.25, 0.3) is 11.6 Å². The molecule has 0 radical (unpaired) electrons. The first-order valence-corrected chi connectivity index (χ1v) is 11.7. The van der Waals surface area contributed by atoms with E-state index in [-0.39, 0.29) is 18.0 Å². The summed E-state index contributed by atoms with van der Waals surface area (Å²) in [6.45, 7) is 6.19. The highest BCUT2D eigenvalue weighted by Crippen LogP contribution is 2.37. The van der Waals surface area contributed by atoms with E-state index in [1.807, 2.05) is 37.3 Å². The zero-order valence-corrected chi connectivity index (χ0v) is 20.5. The van der Waals surface area contributed by atoms with Gasteiger partial charge >= 0.3 is 0 Å². The number of aromatic nitrogens is 1. The summed E-state index contributed by atoms with van der Waals surface area (Å²) in [6.07, 6.45) is 1.22. The summed E-state index contributed by atoms with van der Waals surface area (Å²) in [4.78, 5) is 29.0. The van der Waals surface area contributed by atoms with Gasteiger partial charge in [-0.15, -0.1) is 0 Å². The molecule has 0 spiro atoms. The minimum atomic E-state index is -0.541. The van der Waals surface area contributed by atoms with Crippen molar-refractivity contribution in [2.24, 2.45) is 5.10 Å². The monoisotopic (exact) mass is 496 g/mol. The fourth-order valence-corrected chi connectivity index (χ4v) is 4.14. The van der Waals surface area contributed by atoms with Gasteiger partial charge in [-0.1, -0.05) is 49.7 Å². The predicted molar refractivity (Wildman–Crippen MR) is 140 cm³/mol. The Morgan fingerprint density at radius 1 is 1.08 bits per heavy atom. The molecule has 0 fully saturated rings. The molecular weight excluding hydrogens is 472 g/mol. The van der Waals surface area contributed by atoms with Gasteiger partial charge in [-0.25, -0.2) is 10.4 Å². The second kappa shape index (κ2) is 9.69. The molecule has 1 aliphatic heterocycles. The number of nitro benzene ring substituents is 1. The lowest BCUT2D eigenvalue weighted by Crippen LogP contribution is -2.18. The number of rotatable bonds is 6. The van der Waals surface area contributed by atoms with Crippen molar-refractivity contribution in [3.63, 3.8) is 0 Å². The quantitative estimate of drug-likeness (QED) is 0.207. The highest BCUT2D eigenvalue weighted by atomic mass is 16.7. The third-order valence-corrected chi connectivity index (χ3v) is 6.17. The topological polar surface area (TPSA) is 116 Å². The van der Waals surface area contributed by atoms with Gasteiger partial charge in [-0.2, -0.15) is 5.10 Å². The van der Waals surface area contributed by atoms with E-state index in [2.05, 4.69) is 36.5 Å². The minimum absolute atomic E-state index is 0.0130. The zero-order valence-electron chi connectivity index (χ0n) is 20.5. The van der Waals surface area contributed by atoms with Gasteiger partial charge in [0.2, 0.25) is 6.79 Å². The lowest BCUT2D eigenvalue weighted by Gasteiger charge is -2.11. The molecule has 0 unspecified atom stereocenters. The summed E-state index contributed by atoms with van der Waals surface area (Å²) >= 11 is 0. The molecule has 37 heavy (non-hydrogen) atoms. The maximum atomic E-state index is 13.3. The summed E-state index contributed by atoms with van der Waals surface area (Å²) in [6, 6.07) is 18.3. The van der Waals surface area contributed by atoms with Crippen LogP contribution in [0.4, 0.5) is 5.69 Å². The van der Waals surface area contributed by atoms with Crippen molar-refractivity contribution in [2.45, 2.75) is 26.7 Å². The lowest BCUT2D eigenvalue weighted by atomic mass is 9.99. The summed E-state index contributed by atoms with van der Waals surface area (Å²) in [7, 11) is 0.